The first-order valence-corrected chi connectivity index (χ1v) is 10.2. The van der Waals surface area contributed by atoms with E-state index in [1.807, 2.05) is 24.3 Å². The van der Waals surface area contributed by atoms with Gasteiger partial charge in [0, 0.05) is 11.6 Å². The van der Waals surface area contributed by atoms with E-state index < -0.39 is 16.1 Å². The number of aromatic nitrogens is 2. The van der Waals surface area contributed by atoms with E-state index in [0.29, 0.717) is 23.7 Å². The van der Waals surface area contributed by atoms with Crippen molar-refractivity contribution in [2.45, 2.75) is 17.4 Å². The molecule has 5 nitrogen and oxygen atoms in total. The minimum atomic E-state index is -3.69. The lowest BCUT2D eigenvalue weighted by molar-refractivity contribution is 0.340. The van der Waals surface area contributed by atoms with Crippen LogP contribution in [0.1, 0.15) is 22.9 Å². The van der Waals surface area contributed by atoms with E-state index >= 15 is 0 Å². The second-order valence-corrected chi connectivity index (χ2v) is 8.64. The van der Waals surface area contributed by atoms with Crippen molar-refractivity contribution in [1.29, 1.82) is 0 Å². The number of rotatable bonds is 3. The molecule has 0 saturated heterocycles. The maximum Gasteiger partial charge on any atom is 0.244 e. The summed E-state index contributed by atoms with van der Waals surface area (Å²) in [4.78, 5) is 0.226. The van der Waals surface area contributed by atoms with Crippen LogP contribution in [0.5, 0.6) is 0 Å². The molecule has 128 valence electrons. The Balaban J connectivity index is 1.84. The number of nitrogens with zero attached hydrogens (tertiary/aromatic N) is 3. The maximum atomic E-state index is 13.3. The summed E-state index contributed by atoms with van der Waals surface area (Å²) in [6, 6.07) is 13.7. The third kappa shape index (κ3) is 2.97. The molecule has 2 aromatic carbocycles. The highest BCUT2D eigenvalue weighted by molar-refractivity contribution is 7.89. The molecule has 1 aromatic heterocycles. The number of halogens is 1. The van der Waals surface area contributed by atoms with Gasteiger partial charge >= 0.3 is 0 Å². The molecule has 1 atom stereocenters. The third-order valence-corrected chi connectivity index (χ3v) is 6.94. The minimum Gasteiger partial charge on any atom is -0.207 e. The topological polar surface area (TPSA) is 63.2 Å². The van der Waals surface area contributed by atoms with Gasteiger partial charge in [-0.3, -0.25) is 0 Å². The zero-order valence-electron chi connectivity index (χ0n) is 13.0. The zero-order valence-corrected chi connectivity index (χ0v) is 15.4. The van der Waals surface area contributed by atoms with Gasteiger partial charge in [0.05, 0.1) is 34.6 Å². The van der Waals surface area contributed by atoms with Crippen molar-refractivity contribution in [3.8, 4) is 0 Å². The van der Waals surface area contributed by atoms with Crippen molar-refractivity contribution in [2.24, 2.45) is 0 Å². The molecule has 1 aliphatic heterocycles. The van der Waals surface area contributed by atoms with Crippen molar-refractivity contribution in [3.05, 3.63) is 76.6 Å². The fourth-order valence-corrected chi connectivity index (χ4v) is 5.29. The molecule has 0 saturated carbocycles. The van der Waals surface area contributed by atoms with E-state index in [1.165, 1.54) is 16.4 Å². The molecule has 0 amide bonds. The van der Waals surface area contributed by atoms with E-state index in [0.717, 1.165) is 22.9 Å². The lowest BCUT2D eigenvalue weighted by atomic mass is 9.93. The molecule has 1 aliphatic rings. The van der Waals surface area contributed by atoms with Crippen LogP contribution in [-0.4, -0.2) is 28.0 Å². The Bertz CT molecular complexity index is 989. The van der Waals surface area contributed by atoms with E-state index in [-0.39, 0.29) is 4.90 Å². The summed E-state index contributed by atoms with van der Waals surface area (Å²) >= 11 is 6.98. The van der Waals surface area contributed by atoms with Gasteiger partial charge in [0.1, 0.15) is 0 Å². The van der Waals surface area contributed by atoms with Gasteiger partial charge < -0.3 is 0 Å². The molecule has 0 bridgehead atoms. The van der Waals surface area contributed by atoms with Gasteiger partial charge in [-0.2, -0.15) is 13.1 Å². The smallest absolute Gasteiger partial charge is 0.207 e. The van der Waals surface area contributed by atoms with E-state index in [4.69, 9.17) is 11.6 Å². The fourth-order valence-electron chi connectivity index (χ4n) is 3.14. The number of hydrogen-bond donors (Lipinski definition) is 0. The molecule has 8 heteroatoms. The normalized spacial score (nSPS) is 18.0. The van der Waals surface area contributed by atoms with Crippen LogP contribution in [0, 0.1) is 0 Å². The van der Waals surface area contributed by atoms with Gasteiger partial charge in [0.2, 0.25) is 10.0 Å². The van der Waals surface area contributed by atoms with Gasteiger partial charge in [-0.25, -0.2) is 8.42 Å². The highest BCUT2D eigenvalue weighted by Crippen LogP contribution is 2.38. The summed E-state index contributed by atoms with van der Waals surface area (Å²) in [6.45, 7) is 0.393. The molecule has 25 heavy (non-hydrogen) atoms. The Hall–Kier alpha value is -1.80. The fraction of sp³-hybridized carbons (Fsp3) is 0.176. The molecule has 0 radical (unpaired) electrons. The first-order valence-electron chi connectivity index (χ1n) is 7.70. The predicted molar refractivity (Wildman–Crippen MR) is 97.2 cm³/mol. The summed E-state index contributed by atoms with van der Waals surface area (Å²) < 4.78 is 36.4. The van der Waals surface area contributed by atoms with Crippen molar-refractivity contribution >= 4 is 33.4 Å². The summed E-state index contributed by atoms with van der Waals surface area (Å²) in [5.41, 5.74) is 2.75. The minimum absolute atomic E-state index is 0.226. The van der Waals surface area contributed by atoms with Crippen molar-refractivity contribution in [1.82, 2.24) is 13.1 Å². The number of benzene rings is 2. The largest absolute Gasteiger partial charge is 0.244 e. The van der Waals surface area contributed by atoms with Crippen LogP contribution in [0.2, 0.25) is 5.02 Å². The van der Waals surface area contributed by atoms with E-state index in [1.54, 1.807) is 18.3 Å². The Morgan fingerprint density at radius 3 is 2.60 bits per heavy atom. The first kappa shape index (κ1) is 16.7. The Morgan fingerprint density at radius 2 is 1.88 bits per heavy atom. The molecule has 3 aromatic rings. The average molecular weight is 392 g/mol. The predicted octanol–water partition coefficient (Wildman–Crippen LogP) is 3.53. The summed E-state index contributed by atoms with van der Waals surface area (Å²) in [5, 5.41) is 0.503. The molecular weight excluding hydrogens is 378 g/mol. The second kappa shape index (κ2) is 6.49. The summed E-state index contributed by atoms with van der Waals surface area (Å²) in [7, 11) is -3.69. The van der Waals surface area contributed by atoms with Gasteiger partial charge in [-0.15, -0.1) is 0 Å². The third-order valence-electron chi connectivity index (χ3n) is 4.32. The van der Waals surface area contributed by atoms with Crippen LogP contribution < -0.4 is 0 Å². The van der Waals surface area contributed by atoms with E-state index in [9.17, 15) is 8.42 Å². The molecule has 0 spiro atoms. The molecule has 4 rings (SSSR count). The number of fused-ring (bicyclic) bond motifs is 1. The highest BCUT2D eigenvalue weighted by atomic mass is 35.5. The zero-order chi connectivity index (χ0) is 17.4. The summed E-state index contributed by atoms with van der Waals surface area (Å²) in [5.74, 6) is 0. The SMILES string of the molecule is O=S(=O)(c1ccc(Cl)cc1)N1CCc2ccccc2C1c1cnsn1. The molecule has 0 aliphatic carbocycles. The molecule has 2 heterocycles. The van der Waals surface area contributed by atoms with Gasteiger partial charge in [0.25, 0.3) is 0 Å². The Labute approximate surface area is 155 Å². The molecular formula is C17H14ClN3O2S2. The number of sulfonamides is 1. The van der Waals surface area contributed by atoms with Crippen LogP contribution in [0.15, 0.2) is 59.6 Å². The molecule has 1 unspecified atom stereocenters. The highest BCUT2D eigenvalue weighted by Gasteiger charge is 2.38. The van der Waals surface area contributed by atoms with Crippen molar-refractivity contribution < 1.29 is 8.42 Å². The lowest BCUT2D eigenvalue weighted by Gasteiger charge is -2.35. The number of hydrogen-bond acceptors (Lipinski definition) is 5. The van der Waals surface area contributed by atoms with E-state index in [2.05, 4.69) is 8.75 Å². The quantitative estimate of drug-likeness (QED) is 0.685. The van der Waals surface area contributed by atoms with Gasteiger partial charge in [-0.05, 0) is 41.8 Å². The molecule has 0 N–H and O–H groups in total. The lowest BCUT2D eigenvalue weighted by Crippen LogP contribution is -2.40. The monoisotopic (exact) mass is 391 g/mol. The van der Waals surface area contributed by atoms with Gasteiger partial charge in [0.15, 0.2) is 0 Å². The Kier molecular flexibility index (Phi) is 4.33. The van der Waals surface area contributed by atoms with Crippen LogP contribution >= 0.6 is 23.3 Å². The van der Waals surface area contributed by atoms with Crippen LogP contribution in [0.25, 0.3) is 0 Å². The molecule has 0 fully saturated rings. The maximum absolute atomic E-state index is 13.3. The van der Waals surface area contributed by atoms with Crippen molar-refractivity contribution in [2.75, 3.05) is 6.54 Å². The van der Waals surface area contributed by atoms with Crippen LogP contribution in [0.3, 0.4) is 0 Å². The Morgan fingerprint density at radius 1 is 1.12 bits per heavy atom. The van der Waals surface area contributed by atoms with Crippen LogP contribution in [0.4, 0.5) is 0 Å². The van der Waals surface area contributed by atoms with Crippen LogP contribution in [-0.2, 0) is 16.4 Å². The summed E-state index contributed by atoms with van der Waals surface area (Å²) in [6.07, 6.45) is 2.30. The van der Waals surface area contributed by atoms with Crippen molar-refractivity contribution in [3.63, 3.8) is 0 Å². The van der Waals surface area contributed by atoms with Gasteiger partial charge in [-0.1, -0.05) is 35.9 Å². The first-order chi connectivity index (χ1) is 12.1. The standard InChI is InChI=1S/C17H14ClN3O2S2/c18-13-5-7-14(8-6-13)25(22,23)21-10-9-12-3-1-2-4-15(12)17(21)16-11-19-24-20-16/h1-8,11,17H,9-10H2. The average Bonchev–Trinajstić information content (AvgIpc) is 3.15. The second-order valence-electron chi connectivity index (χ2n) is 5.75.